The number of carboxylic acid groups (broad SMARTS) is 1. The molecule has 0 bridgehead atoms. The SMILES string of the molecule is COC(=O)CC(N)CCC(=O)O. The summed E-state index contributed by atoms with van der Waals surface area (Å²) < 4.78 is 4.36. The van der Waals surface area contributed by atoms with Gasteiger partial charge in [0.25, 0.3) is 0 Å². The minimum absolute atomic E-state index is 0.0157. The maximum Gasteiger partial charge on any atom is 0.307 e. The number of esters is 1. The third kappa shape index (κ3) is 5.67. The first-order valence-corrected chi connectivity index (χ1v) is 3.60. The molecule has 0 radical (unpaired) electrons. The van der Waals surface area contributed by atoms with Crippen LogP contribution in [0.4, 0.5) is 0 Å². The summed E-state index contributed by atoms with van der Waals surface area (Å²) in [5.41, 5.74) is 5.43. The number of aliphatic carboxylic acids is 1. The molecule has 0 aromatic heterocycles. The van der Waals surface area contributed by atoms with Crippen molar-refractivity contribution in [2.24, 2.45) is 5.73 Å². The van der Waals surface area contributed by atoms with E-state index in [0.717, 1.165) is 0 Å². The Labute approximate surface area is 70.5 Å². The van der Waals surface area contributed by atoms with Crippen LogP contribution >= 0.6 is 0 Å². The van der Waals surface area contributed by atoms with E-state index >= 15 is 0 Å². The van der Waals surface area contributed by atoms with Gasteiger partial charge >= 0.3 is 11.9 Å². The van der Waals surface area contributed by atoms with Crippen LogP contribution < -0.4 is 5.73 Å². The summed E-state index contributed by atoms with van der Waals surface area (Å²) in [7, 11) is 1.27. The molecule has 0 spiro atoms. The third-order valence-corrected chi connectivity index (χ3v) is 1.39. The average molecular weight is 175 g/mol. The van der Waals surface area contributed by atoms with E-state index in [-0.39, 0.29) is 12.8 Å². The second-order valence-corrected chi connectivity index (χ2v) is 2.47. The fraction of sp³-hybridized carbons (Fsp3) is 0.714. The second-order valence-electron chi connectivity index (χ2n) is 2.47. The molecule has 1 atom stereocenters. The molecule has 1 unspecified atom stereocenters. The Morgan fingerprint density at radius 1 is 1.58 bits per heavy atom. The Bertz CT molecular complexity index is 169. The van der Waals surface area contributed by atoms with Crippen molar-refractivity contribution in [1.82, 2.24) is 0 Å². The smallest absolute Gasteiger partial charge is 0.307 e. The van der Waals surface area contributed by atoms with Crippen LogP contribution in [0.3, 0.4) is 0 Å². The maximum absolute atomic E-state index is 10.6. The number of rotatable bonds is 5. The Balaban J connectivity index is 3.52. The lowest BCUT2D eigenvalue weighted by molar-refractivity contribution is -0.142. The molecule has 0 rings (SSSR count). The summed E-state index contributed by atoms with van der Waals surface area (Å²) in [6.07, 6.45) is 0.354. The summed E-state index contributed by atoms with van der Waals surface area (Å²) >= 11 is 0. The summed E-state index contributed by atoms with van der Waals surface area (Å²) in [5, 5.41) is 8.28. The summed E-state index contributed by atoms with van der Waals surface area (Å²) in [6, 6.07) is -0.423. The van der Waals surface area contributed by atoms with Crippen LogP contribution in [-0.2, 0) is 14.3 Å². The lowest BCUT2D eigenvalue weighted by Gasteiger charge is -2.07. The predicted octanol–water partition coefficient (Wildman–Crippen LogP) is -0.258. The van der Waals surface area contributed by atoms with Crippen molar-refractivity contribution >= 4 is 11.9 Å². The van der Waals surface area contributed by atoms with Crippen LogP contribution in [0.2, 0.25) is 0 Å². The summed E-state index contributed by atoms with van der Waals surface area (Å²) in [4.78, 5) is 20.7. The predicted molar refractivity (Wildman–Crippen MR) is 41.5 cm³/mol. The molecule has 0 saturated carbocycles. The first-order valence-electron chi connectivity index (χ1n) is 3.60. The molecule has 0 fully saturated rings. The molecule has 0 aliphatic carbocycles. The number of hydrogen-bond donors (Lipinski definition) is 2. The lowest BCUT2D eigenvalue weighted by atomic mass is 10.1. The number of carbonyl (C=O) groups is 2. The molecule has 5 nitrogen and oxygen atoms in total. The Morgan fingerprint density at radius 3 is 2.58 bits per heavy atom. The number of carboxylic acids is 1. The summed E-state index contributed by atoms with van der Waals surface area (Å²) in [5.74, 6) is -1.32. The van der Waals surface area contributed by atoms with Crippen LogP contribution in [0.25, 0.3) is 0 Å². The van der Waals surface area contributed by atoms with Crippen molar-refractivity contribution in [2.45, 2.75) is 25.3 Å². The zero-order chi connectivity index (χ0) is 9.56. The number of hydrogen-bond acceptors (Lipinski definition) is 4. The lowest BCUT2D eigenvalue weighted by Crippen LogP contribution is -2.25. The zero-order valence-corrected chi connectivity index (χ0v) is 6.95. The van der Waals surface area contributed by atoms with E-state index in [9.17, 15) is 9.59 Å². The highest BCUT2D eigenvalue weighted by molar-refractivity contribution is 5.70. The number of ether oxygens (including phenoxy) is 1. The Hall–Kier alpha value is -1.10. The van der Waals surface area contributed by atoms with Gasteiger partial charge in [-0.3, -0.25) is 9.59 Å². The molecule has 0 aliphatic heterocycles. The Morgan fingerprint density at radius 2 is 2.17 bits per heavy atom. The van der Waals surface area contributed by atoms with E-state index in [2.05, 4.69) is 4.74 Å². The minimum Gasteiger partial charge on any atom is -0.481 e. The van der Waals surface area contributed by atoms with Gasteiger partial charge in [-0.1, -0.05) is 0 Å². The molecular formula is C7H13NO4. The third-order valence-electron chi connectivity index (χ3n) is 1.39. The molecule has 0 saturated heterocycles. The summed E-state index contributed by atoms with van der Waals surface area (Å²) in [6.45, 7) is 0. The molecule has 0 aromatic rings. The minimum atomic E-state index is -0.907. The van der Waals surface area contributed by atoms with E-state index in [4.69, 9.17) is 10.8 Å². The van der Waals surface area contributed by atoms with E-state index in [0.29, 0.717) is 6.42 Å². The number of carbonyl (C=O) groups excluding carboxylic acids is 1. The molecule has 0 amide bonds. The van der Waals surface area contributed by atoms with Crippen LogP contribution in [0.15, 0.2) is 0 Å². The van der Waals surface area contributed by atoms with Gasteiger partial charge in [-0.15, -0.1) is 0 Å². The zero-order valence-electron chi connectivity index (χ0n) is 6.95. The van der Waals surface area contributed by atoms with E-state index < -0.39 is 18.0 Å². The van der Waals surface area contributed by atoms with Gasteiger partial charge in [0, 0.05) is 12.5 Å². The van der Waals surface area contributed by atoms with Gasteiger partial charge in [0.15, 0.2) is 0 Å². The monoisotopic (exact) mass is 175 g/mol. The Kier molecular flexibility index (Phi) is 5.03. The van der Waals surface area contributed by atoms with Crippen molar-refractivity contribution in [1.29, 1.82) is 0 Å². The van der Waals surface area contributed by atoms with Gasteiger partial charge in [-0.05, 0) is 6.42 Å². The fourth-order valence-corrected chi connectivity index (χ4v) is 0.708. The first kappa shape index (κ1) is 10.9. The fourth-order valence-electron chi connectivity index (χ4n) is 0.708. The first-order chi connectivity index (χ1) is 5.56. The molecule has 0 heterocycles. The molecule has 70 valence electrons. The quantitative estimate of drug-likeness (QED) is 0.562. The van der Waals surface area contributed by atoms with Crippen LogP contribution in [0, 0.1) is 0 Å². The van der Waals surface area contributed by atoms with Crippen molar-refractivity contribution in [3.63, 3.8) is 0 Å². The molecular weight excluding hydrogens is 162 g/mol. The van der Waals surface area contributed by atoms with Gasteiger partial charge in [0.1, 0.15) is 0 Å². The topological polar surface area (TPSA) is 89.6 Å². The standard InChI is InChI=1S/C7H13NO4/c1-12-7(11)4-5(8)2-3-6(9)10/h5H,2-4,8H2,1H3,(H,9,10). The highest BCUT2D eigenvalue weighted by atomic mass is 16.5. The van der Waals surface area contributed by atoms with E-state index in [1.807, 2.05) is 0 Å². The average Bonchev–Trinajstić information content (AvgIpc) is 2.00. The van der Waals surface area contributed by atoms with Crippen LogP contribution in [0.1, 0.15) is 19.3 Å². The molecule has 0 aromatic carbocycles. The number of methoxy groups -OCH3 is 1. The van der Waals surface area contributed by atoms with Gasteiger partial charge in [0.05, 0.1) is 13.5 Å². The van der Waals surface area contributed by atoms with Gasteiger partial charge in [-0.2, -0.15) is 0 Å². The van der Waals surface area contributed by atoms with E-state index in [1.54, 1.807) is 0 Å². The van der Waals surface area contributed by atoms with Crippen LogP contribution in [0.5, 0.6) is 0 Å². The molecule has 0 aliphatic rings. The van der Waals surface area contributed by atoms with Crippen molar-refractivity contribution < 1.29 is 19.4 Å². The molecule has 3 N–H and O–H groups in total. The highest BCUT2D eigenvalue weighted by Gasteiger charge is 2.10. The van der Waals surface area contributed by atoms with Gasteiger partial charge in [0.2, 0.25) is 0 Å². The van der Waals surface area contributed by atoms with Crippen LogP contribution in [-0.4, -0.2) is 30.2 Å². The van der Waals surface area contributed by atoms with E-state index in [1.165, 1.54) is 7.11 Å². The highest BCUT2D eigenvalue weighted by Crippen LogP contribution is 1.99. The van der Waals surface area contributed by atoms with Crippen molar-refractivity contribution in [2.75, 3.05) is 7.11 Å². The molecule has 5 heteroatoms. The van der Waals surface area contributed by atoms with Gasteiger partial charge in [-0.25, -0.2) is 0 Å². The molecule has 12 heavy (non-hydrogen) atoms. The maximum atomic E-state index is 10.6. The largest absolute Gasteiger partial charge is 0.481 e. The van der Waals surface area contributed by atoms with Crippen molar-refractivity contribution in [3.8, 4) is 0 Å². The van der Waals surface area contributed by atoms with Gasteiger partial charge < -0.3 is 15.6 Å². The normalized spacial score (nSPS) is 12.2. The van der Waals surface area contributed by atoms with Crippen molar-refractivity contribution in [3.05, 3.63) is 0 Å². The second kappa shape index (κ2) is 5.54. The number of nitrogens with two attached hydrogens (primary N) is 1.